The van der Waals surface area contributed by atoms with Crippen molar-refractivity contribution >= 4 is 0 Å². The molecule has 12 heteroatoms. The summed E-state index contributed by atoms with van der Waals surface area (Å²) in [6.45, 7) is 4.38. The highest BCUT2D eigenvalue weighted by Crippen LogP contribution is 2.27. The normalized spacial score (nSPS) is 33.9. The monoisotopic (exact) mass is 458 g/mol. The number of aliphatic hydroxyl groups is 8. The summed E-state index contributed by atoms with van der Waals surface area (Å²) in [7, 11) is 0. The summed E-state index contributed by atoms with van der Waals surface area (Å²) in [5, 5.41) is 78.5. The second-order valence-corrected chi connectivity index (χ2v) is 7.95. The average molecular weight is 459 g/mol. The van der Waals surface area contributed by atoms with Crippen LogP contribution in [0.4, 0.5) is 0 Å². The van der Waals surface area contributed by atoms with Gasteiger partial charge in [0.15, 0.2) is 6.29 Å². The Bertz CT molecular complexity index is 491. The molecule has 1 rings (SSSR count). The Labute approximate surface area is 181 Å². The van der Waals surface area contributed by atoms with Gasteiger partial charge in [-0.05, 0) is 27.7 Å². The van der Waals surface area contributed by atoms with E-state index in [1.54, 1.807) is 0 Å². The maximum atomic E-state index is 10.6. The quantitative estimate of drug-likeness (QED) is 0.135. The van der Waals surface area contributed by atoms with Crippen LogP contribution in [0.3, 0.4) is 0 Å². The minimum atomic E-state index is -1.62. The first kappa shape index (κ1) is 28.6. The summed E-state index contributed by atoms with van der Waals surface area (Å²) >= 11 is 0. The van der Waals surface area contributed by atoms with Gasteiger partial charge in [-0.2, -0.15) is 0 Å². The van der Waals surface area contributed by atoms with Crippen LogP contribution in [0.2, 0.25) is 0 Å². The molecule has 0 saturated carbocycles. The second kappa shape index (κ2) is 13.3. The first-order valence-electron chi connectivity index (χ1n) is 10.3. The summed E-state index contributed by atoms with van der Waals surface area (Å²) < 4.78 is 22.0. The van der Waals surface area contributed by atoms with Crippen LogP contribution in [0.25, 0.3) is 0 Å². The van der Waals surface area contributed by atoms with Crippen LogP contribution < -0.4 is 0 Å². The topological polar surface area (TPSA) is 199 Å². The first-order chi connectivity index (χ1) is 14.4. The zero-order chi connectivity index (χ0) is 23.9. The smallest absolute Gasteiger partial charge is 0.187 e. The first-order valence-corrected chi connectivity index (χ1v) is 10.3. The van der Waals surface area contributed by atoms with E-state index in [1.165, 1.54) is 27.7 Å². The van der Waals surface area contributed by atoms with Crippen LogP contribution in [-0.4, -0.2) is 134 Å². The molecular weight excluding hydrogens is 420 g/mol. The van der Waals surface area contributed by atoms with Crippen LogP contribution in [0, 0.1) is 0 Å². The molecule has 0 aromatic rings. The van der Waals surface area contributed by atoms with Gasteiger partial charge in [-0.25, -0.2) is 0 Å². The van der Waals surface area contributed by atoms with Gasteiger partial charge in [0.1, 0.15) is 42.7 Å². The van der Waals surface area contributed by atoms with E-state index in [-0.39, 0.29) is 6.61 Å². The summed E-state index contributed by atoms with van der Waals surface area (Å²) in [5.74, 6) is 0. The van der Waals surface area contributed by atoms with Gasteiger partial charge in [-0.1, -0.05) is 0 Å². The third kappa shape index (κ3) is 8.11. The summed E-state index contributed by atoms with van der Waals surface area (Å²) in [6, 6.07) is 0. The van der Waals surface area contributed by atoms with Crippen LogP contribution in [-0.2, 0) is 18.9 Å². The molecule has 0 amide bonds. The van der Waals surface area contributed by atoms with Crippen molar-refractivity contribution < 1.29 is 59.8 Å². The third-order valence-corrected chi connectivity index (χ3v) is 5.27. The summed E-state index contributed by atoms with van der Waals surface area (Å²) in [5.41, 5.74) is 0. The van der Waals surface area contributed by atoms with E-state index in [9.17, 15) is 35.7 Å². The van der Waals surface area contributed by atoms with Crippen LogP contribution in [0.5, 0.6) is 0 Å². The zero-order valence-corrected chi connectivity index (χ0v) is 18.3. The number of hydrogen-bond donors (Lipinski definition) is 8. The van der Waals surface area contributed by atoms with Gasteiger partial charge in [0.2, 0.25) is 0 Å². The SMILES string of the molecule is CC(O)C(O)[C@@H](C)O[C@@H]1OC(CO)C(O[C@@H](COC(C)C(O)CO)[C@H](C)O)[C@H](O)C1O. The Morgan fingerprint density at radius 1 is 0.839 bits per heavy atom. The fourth-order valence-electron chi connectivity index (χ4n) is 3.02. The van der Waals surface area contributed by atoms with Crippen molar-refractivity contribution in [3.8, 4) is 0 Å². The molecule has 12 atom stereocenters. The molecule has 1 saturated heterocycles. The minimum Gasteiger partial charge on any atom is -0.394 e. The Hall–Kier alpha value is -0.480. The maximum Gasteiger partial charge on any atom is 0.187 e. The third-order valence-electron chi connectivity index (χ3n) is 5.27. The molecule has 1 heterocycles. The molecule has 0 aromatic carbocycles. The molecule has 1 aliphatic heterocycles. The molecule has 0 bridgehead atoms. The van der Waals surface area contributed by atoms with Gasteiger partial charge in [-0.15, -0.1) is 0 Å². The van der Waals surface area contributed by atoms with Gasteiger partial charge in [0.05, 0.1) is 44.2 Å². The van der Waals surface area contributed by atoms with Crippen molar-refractivity contribution in [2.24, 2.45) is 0 Å². The van der Waals surface area contributed by atoms with E-state index in [1.807, 2.05) is 0 Å². The van der Waals surface area contributed by atoms with Crippen LogP contribution >= 0.6 is 0 Å². The number of rotatable bonds is 13. The maximum absolute atomic E-state index is 10.6. The molecule has 0 radical (unpaired) electrons. The van der Waals surface area contributed by atoms with Crippen molar-refractivity contribution in [2.45, 2.75) is 101 Å². The molecule has 1 fully saturated rings. The Kier molecular flexibility index (Phi) is 12.2. The van der Waals surface area contributed by atoms with Gasteiger partial charge in [0, 0.05) is 0 Å². The van der Waals surface area contributed by atoms with E-state index in [2.05, 4.69) is 0 Å². The lowest BCUT2D eigenvalue weighted by Gasteiger charge is -2.44. The van der Waals surface area contributed by atoms with E-state index < -0.39 is 86.6 Å². The van der Waals surface area contributed by atoms with Crippen molar-refractivity contribution in [3.05, 3.63) is 0 Å². The highest BCUT2D eigenvalue weighted by molar-refractivity contribution is 4.92. The lowest BCUT2D eigenvalue weighted by molar-refractivity contribution is -0.330. The standard InChI is InChI=1S/C19H38O12/c1-8(22)14(7-28-10(3)12(24)5-20)30-18-13(6-21)31-19(17(27)16(18)26)29-11(4)15(25)9(2)23/h8-27H,5-7H2,1-4H3/t8-,9?,10?,11+,12?,13?,14-,15?,16+,17?,18?,19+/m0/s1. The molecule has 1 aliphatic rings. The van der Waals surface area contributed by atoms with E-state index in [0.717, 1.165) is 0 Å². The predicted molar refractivity (Wildman–Crippen MR) is 105 cm³/mol. The van der Waals surface area contributed by atoms with Gasteiger partial charge >= 0.3 is 0 Å². The molecule has 31 heavy (non-hydrogen) atoms. The Balaban J connectivity index is 2.83. The fraction of sp³-hybridized carbons (Fsp3) is 1.00. The van der Waals surface area contributed by atoms with E-state index in [0.29, 0.717) is 0 Å². The number of hydrogen-bond acceptors (Lipinski definition) is 12. The predicted octanol–water partition coefficient (Wildman–Crippen LogP) is -3.53. The molecule has 186 valence electrons. The van der Waals surface area contributed by atoms with Gasteiger partial charge in [-0.3, -0.25) is 0 Å². The largest absolute Gasteiger partial charge is 0.394 e. The lowest BCUT2D eigenvalue weighted by atomic mass is 9.98. The zero-order valence-electron chi connectivity index (χ0n) is 18.3. The van der Waals surface area contributed by atoms with Gasteiger partial charge < -0.3 is 59.8 Å². The Morgan fingerprint density at radius 2 is 1.45 bits per heavy atom. The highest BCUT2D eigenvalue weighted by atomic mass is 16.7. The average Bonchev–Trinajstić information content (AvgIpc) is 2.73. The second-order valence-electron chi connectivity index (χ2n) is 7.95. The van der Waals surface area contributed by atoms with Crippen molar-refractivity contribution in [3.63, 3.8) is 0 Å². The van der Waals surface area contributed by atoms with Crippen LogP contribution in [0.1, 0.15) is 27.7 Å². The van der Waals surface area contributed by atoms with Crippen molar-refractivity contribution in [1.29, 1.82) is 0 Å². The molecule has 0 spiro atoms. The fourth-order valence-corrected chi connectivity index (χ4v) is 3.02. The van der Waals surface area contributed by atoms with E-state index in [4.69, 9.17) is 24.1 Å². The number of aliphatic hydroxyl groups excluding tert-OH is 8. The molecule has 12 nitrogen and oxygen atoms in total. The van der Waals surface area contributed by atoms with Gasteiger partial charge in [0.25, 0.3) is 0 Å². The molecule has 0 aromatic heterocycles. The molecular formula is C19H38O12. The number of ether oxygens (including phenoxy) is 4. The lowest BCUT2D eigenvalue weighted by Crippen LogP contribution is -2.62. The summed E-state index contributed by atoms with van der Waals surface area (Å²) in [6.07, 6.45) is -14.4. The van der Waals surface area contributed by atoms with Crippen molar-refractivity contribution in [2.75, 3.05) is 19.8 Å². The van der Waals surface area contributed by atoms with Crippen molar-refractivity contribution in [1.82, 2.24) is 0 Å². The summed E-state index contributed by atoms with van der Waals surface area (Å²) in [4.78, 5) is 0. The molecule has 0 aliphatic carbocycles. The van der Waals surface area contributed by atoms with E-state index >= 15 is 0 Å². The van der Waals surface area contributed by atoms with Crippen LogP contribution in [0.15, 0.2) is 0 Å². The highest BCUT2D eigenvalue weighted by Gasteiger charge is 2.47. The molecule has 8 N–H and O–H groups in total. The Morgan fingerprint density at radius 3 is 1.94 bits per heavy atom. The minimum absolute atomic E-state index is 0.217. The molecule has 7 unspecified atom stereocenters.